The molecule has 1 amide bonds. The van der Waals surface area contributed by atoms with Crippen LogP contribution in [0, 0.1) is 0 Å². The van der Waals surface area contributed by atoms with Crippen LogP contribution in [-0.4, -0.2) is 33.7 Å². The van der Waals surface area contributed by atoms with E-state index in [0.29, 0.717) is 13.1 Å². The van der Waals surface area contributed by atoms with E-state index in [1.165, 1.54) is 0 Å². The Morgan fingerprint density at radius 3 is 2.38 bits per heavy atom. The number of likely N-dealkylation sites (N-methyl/N-ethyl adjacent to an activating group) is 1. The number of carbonyl (C=O) groups excluding carboxylic acids is 1. The number of hydrogen-bond acceptors (Lipinski definition) is 3. The predicted molar refractivity (Wildman–Crippen MR) is 116 cm³/mol. The number of methoxy groups -OCH3 is 2. The molecule has 29 heavy (non-hydrogen) atoms. The monoisotopic (exact) mass is 391 g/mol. The van der Waals surface area contributed by atoms with E-state index < -0.39 is 0 Å². The van der Waals surface area contributed by atoms with Crippen LogP contribution >= 0.6 is 0 Å². The first-order valence-electron chi connectivity index (χ1n) is 9.57. The second kappa shape index (κ2) is 9.75. The molecular formula is C24H27N2O3+. The molecule has 0 saturated heterocycles. The van der Waals surface area contributed by atoms with Crippen LogP contribution in [0.2, 0.25) is 0 Å². The fourth-order valence-electron chi connectivity index (χ4n) is 3.32. The van der Waals surface area contributed by atoms with Crippen molar-refractivity contribution >= 4 is 11.6 Å². The van der Waals surface area contributed by atoms with E-state index >= 15 is 0 Å². The minimum atomic E-state index is -0.0293. The highest BCUT2D eigenvalue weighted by Crippen LogP contribution is 2.27. The SMILES string of the molecule is COc1ccc(C[NH+](C)CC(=O)Nc2ccccc2-c2ccccc2)c(OC)c1. The average Bonchev–Trinajstić information content (AvgIpc) is 2.74. The lowest BCUT2D eigenvalue weighted by molar-refractivity contribution is -0.885. The number of carbonyl (C=O) groups is 1. The van der Waals surface area contributed by atoms with Gasteiger partial charge in [0.15, 0.2) is 6.54 Å². The van der Waals surface area contributed by atoms with Crippen LogP contribution in [-0.2, 0) is 11.3 Å². The topological polar surface area (TPSA) is 52.0 Å². The summed E-state index contributed by atoms with van der Waals surface area (Å²) < 4.78 is 10.7. The van der Waals surface area contributed by atoms with E-state index in [9.17, 15) is 4.79 Å². The molecule has 3 rings (SSSR count). The molecule has 3 aromatic rings. The van der Waals surface area contributed by atoms with Crippen molar-refractivity contribution in [1.29, 1.82) is 0 Å². The lowest BCUT2D eigenvalue weighted by Crippen LogP contribution is -3.08. The Balaban J connectivity index is 1.66. The van der Waals surface area contributed by atoms with Crippen LogP contribution in [0.5, 0.6) is 11.5 Å². The molecule has 5 heteroatoms. The van der Waals surface area contributed by atoms with E-state index in [1.54, 1.807) is 14.2 Å². The molecule has 150 valence electrons. The average molecular weight is 391 g/mol. The summed E-state index contributed by atoms with van der Waals surface area (Å²) in [5.41, 5.74) is 3.94. The van der Waals surface area contributed by atoms with Crippen molar-refractivity contribution < 1.29 is 19.2 Å². The fourth-order valence-corrected chi connectivity index (χ4v) is 3.32. The molecule has 0 aliphatic rings. The zero-order valence-corrected chi connectivity index (χ0v) is 17.1. The lowest BCUT2D eigenvalue weighted by atomic mass is 10.0. The Hall–Kier alpha value is -3.31. The zero-order valence-electron chi connectivity index (χ0n) is 17.1. The van der Waals surface area contributed by atoms with Gasteiger partial charge in [0.05, 0.1) is 21.3 Å². The summed E-state index contributed by atoms with van der Waals surface area (Å²) in [6, 6.07) is 23.6. The maximum atomic E-state index is 12.7. The summed E-state index contributed by atoms with van der Waals surface area (Å²) in [5.74, 6) is 1.48. The number of hydrogen-bond donors (Lipinski definition) is 2. The van der Waals surface area contributed by atoms with Crippen molar-refractivity contribution in [1.82, 2.24) is 0 Å². The largest absolute Gasteiger partial charge is 0.497 e. The van der Waals surface area contributed by atoms with Gasteiger partial charge in [0.25, 0.3) is 5.91 Å². The Labute approximate surface area is 171 Å². The molecule has 0 aromatic heterocycles. The molecule has 0 heterocycles. The van der Waals surface area contributed by atoms with E-state index in [1.807, 2.05) is 79.8 Å². The maximum Gasteiger partial charge on any atom is 0.279 e. The van der Waals surface area contributed by atoms with Crippen molar-refractivity contribution in [3.63, 3.8) is 0 Å². The van der Waals surface area contributed by atoms with Crippen LogP contribution in [0.15, 0.2) is 72.8 Å². The van der Waals surface area contributed by atoms with Crippen LogP contribution in [0.1, 0.15) is 5.56 Å². The molecule has 3 aromatic carbocycles. The van der Waals surface area contributed by atoms with E-state index in [0.717, 1.165) is 38.8 Å². The number of benzene rings is 3. The number of ether oxygens (including phenoxy) is 2. The first-order valence-corrected chi connectivity index (χ1v) is 9.57. The molecule has 5 nitrogen and oxygen atoms in total. The fraction of sp³-hybridized carbons (Fsp3) is 0.208. The highest BCUT2D eigenvalue weighted by atomic mass is 16.5. The first kappa shape index (κ1) is 20.4. The smallest absolute Gasteiger partial charge is 0.279 e. The molecule has 0 aliphatic heterocycles. The van der Waals surface area contributed by atoms with Gasteiger partial charge in [-0.25, -0.2) is 0 Å². The van der Waals surface area contributed by atoms with Gasteiger partial charge in [0.2, 0.25) is 0 Å². The molecule has 1 atom stereocenters. The van der Waals surface area contributed by atoms with Crippen molar-refractivity contribution in [2.75, 3.05) is 33.1 Å². The zero-order chi connectivity index (χ0) is 20.6. The van der Waals surface area contributed by atoms with Crippen molar-refractivity contribution in [3.8, 4) is 22.6 Å². The number of para-hydroxylation sites is 1. The van der Waals surface area contributed by atoms with Crippen LogP contribution in [0.4, 0.5) is 5.69 Å². The van der Waals surface area contributed by atoms with Gasteiger partial charge in [-0.2, -0.15) is 0 Å². The van der Waals surface area contributed by atoms with Gasteiger partial charge in [-0.1, -0.05) is 48.5 Å². The van der Waals surface area contributed by atoms with Crippen LogP contribution in [0.25, 0.3) is 11.1 Å². The molecule has 0 bridgehead atoms. The number of nitrogens with one attached hydrogen (secondary N) is 2. The lowest BCUT2D eigenvalue weighted by Gasteiger charge is -2.17. The maximum absolute atomic E-state index is 12.7. The quantitative estimate of drug-likeness (QED) is 0.621. The van der Waals surface area contributed by atoms with Crippen LogP contribution < -0.4 is 19.7 Å². The molecule has 0 radical (unpaired) electrons. The van der Waals surface area contributed by atoms with Gasteiger partial charge in [-0.05, 0) is 23.8 Å². The summed E-state index contributed by atoms with van der Waals surface area (Å²) in [7, 11) is 5.26. The minimum Gasteiger partial charge on any atom is -0.497 e. The van der Waals surface area contributed by atoms with Gasteiger partial charge in [0.1, 0.15) is 18.0 Å². The molecule has 1 unspecified atom stereocenters. The number of amides is 1. The second-order valence-corrected chi connectivity index (χ2v) is 6.95. The van der Waals surface area contributed by atoms with Gasteiger partial charge < -0.3 is 19.7 Å². The normalized spacial score (nSPS) is 11.6. The summed E-state index contributed by atoms with van der Waals surface area (Å²) >= 11 is 0. The Morgan fingerprint density at radius 1 is 0.931 bits per heavy atom. The van der Waals surface area contributed by atoms with Gasteiger partial charge in [-0.15, -0.1) is 0 Å². The van der Waals surface area contributed by atoms with Crippen molar-refractivity contribution in [2.45, 2.75) is 6.54 Å². The van der Waals surface area contributed by atoms with Crippen molar-refractivity contribution in [2.24, 2.45) is 0 Å². The predicted octanol–water partition coefficient (Wildman–Crippen LogP) is 3.02. The third-order valence-electron chi connectivity index (χ3n) is 4.73. The summed E-state index contributed by atoms with van der Waals surface area (Å²) in [5, 5.41) is 3.06. The van der Waals surface area contributed by atoms with E-state index in [4.69, 9.17) is 9.47 Å². The molecular weight excluding hydrogens is 364 g/mol. The Morgan fingerprint density at radius 2 is 1.66 bits per heavy atom. The molecule has 0 fully saturated rings. The minimum absolute atomic E-state index is 0.0293. The van der Waals surface area contributed by atoms with Gasteiger partial charge in [-0.3, -0.25) is 4.79 Å². The molecule has 0 saturated carbocycles. The standard InChI is InChI=1S/C24H26N2O3/c1-26(16-19-13-14-20(28-2)15-23(19)29-3)17-24(27)25-22-12-8-7-11-21(22)18-9-5-4-6-10-18/h4-15H,16-17H2,1-3H3,(H,25,27)/p+1. The number of quaternary nitrogens is 1. The third kappa shape index (κ3) is 5.36. The molecule has 2 N–H and O–H groups in total. The highest BCUT2D eigenvalue weighted by molar-refractivity contribution is 5.96. The Bertz CT molecular complexity index is 957. The van der Waals surface area contributed by atoms with Crippen LogP contribution in [0.3, 0.4) is 0 Å². The summed E-state index contributed by atoms with van der Waals surface area (Å²) in [4.78, 5) is 13.7. The third-order valence-corrected chi connectivity index (χ3v) is 4.73. The first-order chi connectivity index (χ1) is 14.1. The summed E-state index contributed by atoms with van der Waals surface area (Å²) in [6.45, 7) is 1.01. The van der Waals surface area contributed by atoms with Gasteiger partial charge >= 0.3 is 0 Å². The molecule has 0 aliphatic carbocycles. The number of rotatable bonds is 8. The number of anilines is 1. The van der Waals surface area contributed by atoms with Gasteiger partial charge in [0, 0.05) is 22.9 Å². The molecule has 0 spiro atoms. The van der Waals surface area contributed by atoms with E-state index in [-0.39, 0.29) is 5.91 Å². The van der Waals surface area contributed by atoms with Crippen molar-refractivity contribution in [3.05, 3.63) is 78.4 Å². The second-order valence-electron chi connectivity index (χ2n) is 6.95. The highest BCUT2D eigenvalue weighted by Gasteiger charge is 2.15. The Kier molecular flexibility index (Phi) is 6.87. The summed E-state index contributed by atoms with van der Waals surface area (Å²) in [6.07, 6.45) is 0. The van der Waals surface area contributed by atoms with E-state index in [2.05, 4.69) is 5.32 Å².